The Morgan fingerprint density at radius 1 is 0.935 bits per heavy atom. The third-order valence-corrected chi connectivity index (χ3v) is 4.89. The number of rotatable bonds is 7. The molecule has 6 nitrogen and oxygen atoms in total. The summed E-state index contributed by atoms with van der Waals surface area (Å²) in [5, 5.41) is 7.79. The first-order valence-corrected chi connectivity index (χ1v) is 10.1. The third kappa shape index (κ3) is 7.00. The Kier molecular flexibility index (Phi) is 7.89. The second kappa shape index (κ2) is 10.8. The van der Waals surface area contributed by atoms with Crippen LogP contribution in [-0.4, -0.2) is 24.6 Å². The van der Waals surface area contributed by atoms with Crippen LogP contribution in [-0.2, 0) is 4.79 Å². The Balaban J connectivity index is 1.47. The van der Waals surface area contributed by atoms with Gasteiger partial charge in [-0.1, -0.05) is 40.9 Å². The van der Waals surface area contributed by atoms with E-state index in [0.29, 0.717) is 27.0 Å². The molecule has 0 radical (unpaired) electrons. The van der Waals surface area contributed by atoms with Gasteiger partial charge in [0, 0.05) is 16.3 Å². The van der Waals surface area contributed by atoms with Gasteiger partial charge in [-0.2, -0.15) is 5.10 Å². The first-order chi connectivity index (χ1) is 14.9. The van der Waals surface area contributed by atoms with Gasteiger partial charge in [-0.3, -0.25) is 9.59 Å². The summed E-state index contributed by atoms with van der Waals surface area (Å²) in [6, 6.07) is 18.2. The third-order valence-electron chi connectivity index (χ3n) is 3.92. The molecule has 0 atom stereocenters. The average Bonchev–Trinajstić information content (AvgIpc) is 2.75. The van der Waals surface area contributed by atoms with Crippen molar-refractivity contribution in [3.8, 4) is 5.75 Å². The van der Waals surface area contributed by atoms with Gasteiger partial charge in [0.1, 0.15) is 5.75 Å². The van der Waals surface area contributed by atoms with Crippen LogP contribution in [0.2, 0.25) is 15.1 Å². The molecule has 158 valence electrons. The van der Waals surface area contributed by atoms with E-state index < -0.39 is 5.91 Å². The zero-order valence-electron chi connectivity index (χ0n) is 15.9. The largest absolute Gasteiger partial charge is 0.484 e. The van der Waals surface area contributed by atoms with Crippen LogP contribution in [0.4, 0.5) is 5.69 Å². The molecule has 0 spiro atoms. The molecule has 0 aromatic heterocycles. The van der Waals surface area contributed by atoms with Gasteiger partial charge >= 0.3 is 0 Å². The number of carbonyl (C=O) groups is 2. The molecule has 0 saturated carbocycles. The van der Waals surface area contributed by atoms with Crippen molar-refractivity contribution in [1.82, 2.24) is 5.43 Å². The maximum absolute atomic E-state index is 12.1. The number of hydrazone groups is 1. The summed E-state index contributed by atoms with van der Waals surface area (Å²) in [5.41, 5.74) is 4.07. The minimum atomic E-state index is -0.416. The van der Waals surface area contributed by atoms with Crippen LogP contribution in [0.5, 0.6) is 5.75 Å². The summed E-state index contributed by atoms with van der Waals surface area (Å²) >= 11 is 17.6. The lowest BCUT2D eigenvalue weighted by Gasteiger charge is -2.08. The Hall–Kier alpha value is -3.06. The van der Waals surface area contributed by atoms with E-state index in [1.54, 1.807) is 54.6 Å². The number of ether oxygens (including phenoxy) is 1. The smallest absolute Gasteiger partial charge is 0.271 e. The molecule has 0 aliphatic rings. The van der Waals surface area contributed by atoms with E-state index in [2.05, 4.69) is 15.8 Å². The molecule has 2 amide bonds. The molecule has 0 heterocycles. The van der Waals surface area contributed by atoms with E-state index in [-0.39, 0.29) is 17.5 Å². The molecule has 0 unspecified atom stereocenters. The van der Waals surface area contributed by atoms with Gasteiger partial charge in [-0.15, -0.1) is 0 Å². The van der Waals surface area contributed by atoms with Crippen LogP contribution < -0.4 is 15.5 Å². The molecule has 3 aromatic carbocycles. The second-order valence-corrected chi connectivity index (χ2v) is 7.50. The number of nitrogens with one attached hydrogen (secondary N) is 2. The predicted molar refractivity (Wildman–Crippen MR) is 124 cm³/mol. The van der Waals surface area contributed by atoms with E-state index in [9.17, 15) is 9.59 Å². The monoisotopic (exact) mass is 475 g/mol. The van der Waals surface area contributed by atoms with E-state index in [0.717, 1.165) is 5.56 Å². The molecule has 0 aliphatic carbocycles. The highest BCUT2D eigenvalue weighted by atomic mass is 35.5. The number of nitrogens with zero attached hydrogens (tertiary/aromatic N) is 1. The maximum Gasteiger partial charge on any atom is 0.271 e. The zero-order chi connectivity index (χ0) is 22.2. The topological polar surface area (TPSA) is 79.8 Å². The summed E-state index contributed by atoms with van der Waals surface area (Å²) in [7, 11) is 0. The van der Waals surface area contributed by atoms with Crippen LogP contribution in [0.25, 0.3) is 0 Å². The van der Waals surface area contributed by atoms with E-state index in [4.69, 9.17) is 39.5 Å². The summed E-state index contributed by atoms with van der Waals surface area (Å²) in [5.74, 6) is -0.211. The van der Waals surface area contributed by atoms with Gasteiger partial charge in [-0.25, -0.2) is 5.43 Å². The average molecular weight is 477 g/mol. The van der Waals surface area contributed by atoms with Crippen molar-refractivity contribution in [2.45, 2.75) is 0 Å². The fourth-order valence-electron chi connectivity index (χ4n) is 2.43. The van der Waals surface area contributed by atoms with Crippen molar-refractivity contribution in [2.24, 2.45) is 5.10 Å². The maximum atomic E-state index is 12.1. The fourth-order valence-corrected chi connectivity index (χ4v) is 2.92. The zero-order valence-corrected chi connectivity index (χ0v) is 18.2. The van der Waals surface area contributed by atoms with Crippen LogP contribution in [0.1, 0.15) is 15.9 Å². The van der Waals surface area contributed by atoms with Crippen LogP contribution >= 0.6 is 34.8 Å². The van der Waals surface area contributed by atoms with Gasteiger partial charge in [0.25, 0.3) is 11.8 Å². The van der Waals surface area contributed by atoms with Crippen molar-refractivity contribution in [3.63, 3.8) is 0 Å². The molecule has 0 bridgehead atoms. The molecule has 2 N–H and O–H groups in total. The molecular weight excluding hydrogens is 461 g/mol. The van der Waals surface area contributed by atoms with Gasteiger partial charge < -0.3 is 10.1 Å². The second-order valence-electron chi connectivity index (χ2n) is 6.24. The van der Waals surface area contributed by atoms with Gasteiger partial charge in [0.2, 0.25) is 0 Å². The van der Waals surface area contributed by atoms with Crippen LogP contribution in [0, 0.1) is 0 Å². The number of carbonyl (C=O) groups excluding carboxylic acids is 2. The molecular formula is C22H16Cl3N3O3. The number of hydrogen-bond acceptors (Lipinski definition) is 4. The van der Waals surface area contributed by atoms with Crippen LogP contribution in [0.15, 0.2) is 71.8 Å². The van der Waals surface area contributed by atoms with Crippen molar-refractivity contribution in [3.05, 3.63) is 92.9 Å². The Morgan fingerprint density at radius 3 is 2.42 bits per heavy atom. The standard InChI is InChI=1S/C22H16Cl3N3O3/c23-16-2-1-3-17(11-16)27-21(29)13-31-18-7-4-14(5-8-18)12-26-28-22(30)15-6-9-19(24)20(25)10-15/h1-12H,13H2,(H,27,29)(H,28,30)/b26-12-. The number of anilines is 1. The van der Waals surface area contributed by atoms with Crippen molar-refractivity contribution >= 4 is 58.5 Å². The molecule has 0 fully saturated rings. The molecule has 31 heavy (non-hydrogen) atoms. The normalized spacial score (nSPS) is 10.7. The van der Waals surface area contributed by atoms with Crippen molar-refractivity contribution < 1.29 is 14.3 Å². The highest BCUT2D eigenvalue weighted by molar-refractivity contribution is 6.42. The first-order valence-electron chi connectivity index (χ1n) is 8.97. The SMILES string of the molecule is O=C(COc1ccc(/C=N\NC(=O)c2ccc(Cl)c(Cl)c2)cc1)Nc1cccc(Cl)c1. The number of halogens is 3. The number of benzene rings is 3. The van der Waals surface area contributed by atoms with E-state index >= 15 is 0 Å². The minimum Gasteiger partial charge on any atom is -0.484 e. The lowest BCUT2D eigenvalue weighted by Crippen LogP contribution is -2.20. The lowest BCUT2D eigenvalue weighted by molar-refractivity contribution is -0.118. The predicted octanol–water partition coefficient (Wildman–Crippen LogP) is 5.43. The molecule has 9 heteroatoms. The summed E-state index contributed by atoms with van der Waals surface area (Å²) < 4.78 is 5.46. The first kappa shape index (κ1) is 22.6. The van der Waals surface area contributed by atoms with Crippen molar-refractivity contribution in [1.29, 1.82) is 0 Å². The lowest BCUT2D eigenvalue weighted by atomic mass is 10.2. The van der Waals surface area contributed by atoms with Crippen molar-refractivity contribution in [2.75, 3.05) is 11.9 Å². The molecule has 0 saturated heterocycles. The highest BCUT2D eigenvalue weighted by Crippen LogP contribution is 2.22. The Labute approximate surface area is 193 Å². The van der Waals surface area contributed by atoms with Gasteiger partial charge in [0.05, 0.1) is 16.3 Å². The Bertz CT molecular complexity index is 1120. The van der Waals surface area contributed by atoms with Crippen LogP contribution in [0.3, 0.4) is 0 Å². The van der Waals surface area contributed by atoms with E-state index in [1.807, 2.05) is 0 Å². The minimum absolute atomic E-state index is 0.153. The van der Waals surface area contributed by atoms with Gasteiger partial charge in [0.15, 0.2) is 6.61 Å². The number of hydrogen-bond donors (Lipinski definition) is 2. The summed E-state index contributed by atoms with van der Waals surface area (Å²) in [6.07, 6.45) is 1.48. The van der Waals surface area contributed by atoms with E-state index in [1.165, 1.54) is 18.3 Å². The summed E-state index contributed by atoms with van der Waals surface area (Å²) in [6.45, 7) is -0.153. The Morgan fingerprint density at radius 2 is 1.71 bits per heavy atom. The summed E-state index contributed by atoms with van der Waals surface area (Å²) in [4.78, 5) is 24.0. The molecule has 3 aromatic rings. The fraction of sp³-hybridized carbons (Fsp3) is 0.0455. The highest BCUT2D eigenvalue weighted by Gasteiger charge is 2.07. The molecule has 3 rings (SSSR count). The molecule has 0 aliphatic heterocycles. The quantitative estimate of drug-likeness (QED) is 0.352. The number of amides is 2. The van der Waals surface area contributed by atoms with Gasteiger partial charge in [-0.05, 0) is 66.2 Å².